The fourth-order valence-electron chi connectivity index (χ4n) is 3.05. The van der Waals surface area contributed by atoms with Crippen molar-refractivity contribution in [2.45, 2.75) is 31.3 Å². The molecule has 1 aromatic heterocycles. The fourth-order valence-corrected chi connectivity index (χ4v) is 4.73. The van der Waals surface area contributed by atoms with E-state index in [-0.39, 0.29) is 29.6 Å². The summed E-state index contributed by atoms with van der Waals surface area (Å²) in [6.07, 6.45) is 5.73. The van der Waals surface area contributed by atoms with E-state index in [1.165, 1.54) is 0 Å². The number of carbonyl (C=O) groups excluding carboxylic acids is 1. The molecule has 3 rings (SSSR count). The van der Waals surface area contributed by atoms with Gasteiger partial charge in [-0.3, -0.25) is 0 Å². The van der Waals surface area contributed by atoms with Crippen molar-refractivity contribution < 1.29 is 13.2 Å². The number of amides is 2. The van der Waals surface area contributed by atoms with Gasteiger partial charge in [-0.1, -0.05) is 0 Å². The van der Waals surface area contributed by atoms with E-state index in [0.29, 0.717) is 18.9 Å². The standard InChI is InChI=1S/C14H21N5O3S/c20-14(18-12-4-8-23(21,22)10-12)17-11-3-1-7-19(9-11)13-15-5-2-6-16-13/h2,5-6,11-12H,1,3-4,7-10H2,(H2,17,18,20)/t11-,12-/m1/s1. The third-order valence-corrected chi connectivity index (χ3v) is 5.93. The highest BCUT2D eigenvalue weighted by Gasteiger charge is 2.30. The van der Waals surface area contributed by atoms with Crippen molar-refractivity contribution in [1.82, 2.24) is 20.6 Å². The zero-order chi connectivity index (χ0) is 16.3. The van der Waals surface area contributed by atoms with E-state index in [1.54, 1.807) is 18.5 Å². The summed E-state index contributed by atoms with van der Waals surface area (Å²) >= 11 is 0. The average Bonchev–Trinajstić information content (AvgIpc) is 2.87. The van der Waals surface area contributed by atoms with E-state index < -0.39 is 9.84 Å². The summed E-state index contributed by atoms with van der Waals surface area (Å²) in [5, 5.41) is 5.69. The second-order valence-electron chi connectivity index (χ2n) is 6.05. The molecule has 23 heavy (non-hydrogen) atoms. The molecule has 2 aliphatic heterocycles. The first kappa shape index (κ1) is 16.0. The van der Waals surface area contributed by atoms with Crippen LogP contribution in [0.4, 0.5) is 10.7 Å². The van der Waals surface area contributed by atoms with Gasteiger partial charge in [0.2, 0.25) is 5.95 Å². The number of piperidine rings is 1. The number of nitrogens with zero attached hydrogens (tertiary/aromatic N) is 3. The van der Waals surface area contributed by atoms with Crippen LogP contribution in [0.3, 0.4) is 0 Å². The molecule has 2 aliphatic rings. The van der Waals surface area contributed by atoms with E-state index in [4.69, 9.17) is 0 Å². The highest BCUT2D eigenvalue weighted by atomic mass is 32.2. The Balaban J connectivity index is 1.50. The third-order valence-electron chi connectivity index (χ3n) is 4.16. The maximum atomic E-state index is 12.1. The number of sulfone groups is 1. The van der Waals surface area contributed by atoms with Crippen LogP contribution in [-0.4, -0.2) is 61.1 Å². The van der Waals surface area contributed by atoms with Crippen molar-refractivity contribution in [1.29, 1.82) is 0 Å². The zero-order valence-electron chi connectivity index (χ0n) is 12.8. The predicted molar refractivity (Wildman–Crippen MR) is 86.0 cm³/mol. The molecule has 2 amide bonds. The van der Waals surface area contributed by atoms with Crippen molar-refractivity contribution >= 4 is 21.8 Å². The van der Waals surface area contributed by atoms with Crippen molar-refractivity contribution in [2.24, 2.45) is 0 Å². The number of carbonyl (C=O) groups is 1. The normalized spacial score (nSPS) is 26.7. The lowest BCUT2D eigenvalue weighted by Crippen LogP contribution is -2.52. The van der Waals surface area contributed by atoms with Gasteiger partial charge >= 0.3 is 6.03 Å². The summed E-state index contributed by atoms with van der Waals surface area (Å²) in [7, 11) is -2.99. The van der Waals surface area contributed by atoms with Crippen LogP contribution in [0.15, 0.2) is 18.5 Å². The Hall–Kier alpha value is -1.90. The van der Waals surface area contributed by atoms with Crippen molar-refractivity contribution in [2.75, 3.05) is 29.5 Å². The lowest BCUT2D eigenvalue weighted by atomic mass is 10.1. The van der Waals surface area contributed by atoms with Crippen molar-refractivity contribution in [3.8, 4) is 0 Å². The van der Waals surface area contributed by atoms with Crippen LogP contribution >= 0.6 is 0 Å². The number of rotatable bonds is 3. The monoisotopic (exact) mass is 339 g/mol. The summed E-state index contributed by atoms with van der Waals surface area (Å²) in [6.45, 7) is 1.52. The topological polar surface area (TPSA) is 104 Å². The van der Waals surface area contributed by atoms with Gasteiger partial charge < -0.3 is 15.5 Å². The Labute approximate surface area is 135 Å². The van der Waals surface area contributed by atoms with Gasteiger partial charge in [0.05, 0.1) is 11.5 Å². The number of urea groups is 1. The molecular weight excluding hydrogens is 318 g/mol. The molecule has 2 fully saturated rings. The van der Waals surface area contributed by atoms with Crippen LogP contribution < -0.4 is 15.5 Å². The Bertz CT molecular complexity index is 652. The summed E-state index contributed by atoms with van der Waals surface area (Å²) in [5.41, 5.74) is 0. The van der Waals surface area contributed by atoms with Crippen LogP contribution in [0.5, 0.6) is 0 Å². The number of anilines is 1. The fraction of sp³-hybridized carbons (Fsp3) is 0.643. The highest BCUT2D eigenvalue weighted by Crippen LogP contribution is 2.15. The Morgan fingerprint density at radius 1 is 1.17 bits per heavy atom. The minimum Gasteiger partial charge on any atom is -0.339 e. The first-order valence-electron chi connectivity index (χ1n) is 7.81. The molecule has 0 spiro atoms. The zero-order valence-corrected chi connectivity index (χ0v) is 13.6. The number of aromatic nitrogens is 2. The molecule has 2 saturated heterocycles. The molecule has 1 aromatic rings. The number of hydrogen-bond acceptors (Lipinski definition) is 6. The largest absolute Gasteiger partial charge is 0.339 e. The van der Waals surface area contributed by atoms with Gasteiger partial charge in [0.25, 0.3) is 0 Å². The summed E-state index contributed by atoms with van der Waals surface area (Å²) in [6, 6.07) is 1.20. The molecule has 0 unspecified atom stereocenters. The van der Waals surface area contributed by atoms with Gasteiger partial charge in [-0.25, -0.2) is 23.2 Å². The Morgan fingerprint density at radius 3 is 2.61 bits per heavy atom. The summed E-state index contributed by atoms with van der Waals surface area (Å²) < 4.78 is 22.8. The summed E-state index contributed by atoms with van der Waals surface area (Å²) in [4.78, 5) is 22.6. The molecular formula is C14H21N5O3S. The van der Waals surface area contributed by atoms with Crippen molar-refractivity contribution in [3.63, 3.8) is 0 Å². The molecule has 2 N–H and O–H groups in total. The lowest BCUT2D eigenvalue weighted by Gasteiger charge is -2.33. The van der Waals surface area contributed by atoms with Crippen LogP contribution in [0.1, 0.15) is 19.3 Å². The molecule has 9 heteroatoms. The molecule has 2 atom stereocenters. The first-order valence-corrected chi connectivity index (χ1v) is 9.63. The molecule has 0 aromatic carbocycles. The number of nitrogens with one attached hydrogen (secondary N) is 2. The molecule has 3 heterocycles. The minimum absolute atomic E-state index is 0.00515. The van der Waals surface area contributed by atoms with E-state index in [2.05, 4.69) is 25.5 Å². The van der Waals surface area contributed by atoms with Crippen LogP contribution in [0.2, 0.25) is 0 Å². The van der Waals surface area contributed by atoms with Gasteiger partial charge in [-0.2, -0.15) is 0 Å². The minimum atomic E-state index is -2.99. The molecule has 0 saturated carbocycles. The third kappa shape index (κ3) is 4.31. The number of hydrogen-bond donors (Lipinski definition) is 2. The second kappa shape index (κ2) is 6.69. The van der Waals surface area contributed by atoms with Crippen molar-refractivity contribution in [3.05, 3.63) is 18.5 Å². The van der Waals surface area contributed by atoms with Gasteiger partial charge in [0.15, 0.2) is 9.84 Å². The SMILES string of the molecule is O=C(N[C@@H]1CCCN(c2ncccn2)C1)N[C@@H]1CCS(=O)(=O)C1. The maximum absolute atomic E-state index is 12.1. The Kier molecular flexibility index (Phi) is 4.65. The smallest absolute Gasteiger partial charge is 0.315 e. The summed E-state index contributed by atoms with van der Waals surface area (Å²) in [5.74, 6) is 0.858. The van der Waals surface area contributed by atoms with Gasteiger partial charge in [-0.05, 0) is 25.3 Å². The molecule has 0 radical (unpaired) electrons. The van der Waals surface area contributed by atoms with Gasteiger partial charge in [-0.15, -0.1) is 0 Å². The van der Waals surface area contributed by atoms with Gasteiger partial charge in [0, 0.05) is 37.6 Å². The molecule has 8 nitrogen and oxygen atoms in total. The molecule has 126 valence electrons. The predicted octanol–water partition coefficient (Wildman–Crippen LogP) is -0.0683. The van der Waals surface area contributed by atoms with Crippen LogP contribution in [-0.2, 0) is 9.84 Å². The Morgan fingerprint density at radius 2 is 1.91 bits per heavy atom. The van der Waals surface area contributed by atoms with E-state index in [0.717, 1.165) is 19.4 Å². The lowest BCUT2D eigenvalue weighted by molar-refractivity contribution is 0.232. The van der Waals surface area contributed by atoms with E-state index >= 15 is 0 Å². The van der Waals surface area contributed by atoms with E-state index in [9.17, 15) is 13.2 Å². The van der Waals surface area contributed by atoms with Gasteiger partial charge in [0.1, 0.15) is 0 Å². The second-order valence-corrected chi connectivity index (χ2v) is 8.28. The average molecular weight is 339 g/mol. The van der Waals surface area contributed by atoms with Crippen LogP contribution in [0.25, 0.3) is 0 Å². The first-order chi connectivity index (χ1) is 11.0. The van der Waals surface area contributed by atoms with Crippen LogP contribution in [0, 0.1) is 0 Å². The molecule has 0 aliphatic carbocycles. The highest BCUT2D eigenvalue weighted by molar-refractivity contribution is 7.91. The quantitative estimate of drug-likeness (QED) is 0.799. The van der Waals surface area contributed by atoms with E-state index in [1.807, 2.05) is 0 Å². The molecule has 0 bridgehead atoms. The maximum Gasteiger partial charge on any atom is 0.315 e.